The third kappa shape index (κ3) is 60.0. The number of phosphoric acid groups is 1. The maximum Gasteiger partial charge on any atom is 0.472 e. The van der Waals surface area contributed by atoms with Crippen molar-refractivity contribution in [3.05, 3.63) is 97.2 Å². The van der Waals surface area contributed by atoms with Crippen LogP contribution in [0.4, 0.5) is 0 Å². The van der Waals surface area contributed by atoms with E-state index in [4.69, 9.17) is 18.5 Å². The molecule has 75 heavy (non-hydrogen) atoms. The Bertz CT molecular complexity index is 1590. The van der Waals surface area contributed by atoms with E-state index in [1.807, 2.05) is 21.1 Å². The molecule has 0 rings (SSSR count). The van der Waals surface area contributed by atoms with E-state index in [0.717, 1.165) is 103 Å². The molecule has 0 spiro atoms. The molecular formula is C65H115NO8P+. The van der Waals surface area contributed by atoms with Crippen LogP contribution in [0.15, 0.2) is 97.2 Å². The second-order valence-corrected chi connectivity index (χ2v) is 22.8. The van der Waals surface area contributed by atoms with E-state index in [1.165, 1.54) is 116 Å². The Kier molecular flexibility index (Phi) is 53.4. The van der Waals surface area contributed by atoms with Crippen LogP contribution < -0.4 is 0 Å². The van der Waals surface area contributed by atoms with Crippen molar-refractivity contribution in [2.24, 2.45) is 0 Å². The smallest absolute Gasteiger partial charge is 0.462 e. The lowest BCUT2D eigenvalue weighted by atomic mass is 10.0. The van der Waals surface area contributed by atoms with Crippen molar-refractivity contribution < 1.29 is 42.1 Å². The molecule has 1 N–H and O–H groups in total. The number of unbranched alkanes of at least 4 members (excludes halogenated alkanes) is 25. The van der Waals surface area contributed by atoms with Crippen LogP contribution in [0.25, 0.3) is 0 Å². The summed E-state index contributed by atoms with van der Waals surface area (Å²) in [5.74, 6) is -0.812. The average Bonchev–Trinajstić information content (AvgIpc) is 3.37. The van der Waals surface area contributed by atoms with Gasteiger partial charge in [-0.15, -0.1) is 0 Å². The third-order valence-electron chi connectivity index (χ3n) is 12.8. The van der Waals surface area contributed by atoms with E-state index >= 15 is 0 Å². The number of quaternary nitrogens is 1. The first-order valence-electron chi connectivity index (χ1n) is 30.5. The lowest BCUT2D eigenvalue weighted by molar-refractivity contribution is -0.870. The van der Waals surface area contributed by atoms with Gasteiger partial charge in [-0.2, -0.15) is 0 Å². The fourth-order valence-corrected chi connectivity index (χ4v) is 8.91. The van der Waals surface area contributed by atoms with Crippen molar-refractivity contribution in [1.82, 2.24) is 0 Å². The van der Waals surface area contributed by atoms with Gasteiger partial charge < -0.3 is 18.9 Å². The molecule has 0 aromatic rings. The molecule has 0 heterocycles. The summed E-state index contributed by atoms with van der Waals surface area (Å²) in [7, 11) is 1.47. The van der Waals surface area contributed by atoms with Gasteiger partial charge in [0.2, 0.25) is 0 Å². The van der Waals surface area contributed by atoms with E-state index < -0.39 is 26.5 Å². The van der Waals surface area contributed by atoms with Crippen molar-refractivity contribution in [3.8, 4) is 0 Å². The molecule has 0 radical (unpaired) electrons. The van der Waals surface area contributed by atoms with Crippen LogP contribution in [0.2, 0.25) is 0 Å². The molecule has 2 unspecified atom stereocenters. The SMILES string of the molecule is CC/C=C\C/C=C\C/C=C\C/C=C\C/C=C\C/C=C\CCCCCCCCCCCCCCCCCCC(=O)OC(COC(=O)CCCCCCC/C=C\C/C=C\CCCCCC)COP(=O)(O)OCC[N+](C)(C)C. The summed E-state index contributed by atoms with van der Waals surface area (Å²) >= 11 is 0. The molecule has 0 aliphatic rings. The van der Waals surface area contributed by atoms with Crippen LogP contribution >= 0.6 is 7.82 Å². The van der Waals surface area contributed by atoms with Crippen LogP contribution in [-0.4, -0.2) is 74.9 Å². The van der Waals surface area contributed by atoms with E-state index in [0.29, 0.717) is 17.4 Å². The minimum Gasteiger partial charge on any atom is -0.462 e. The normalized spacial score (nSPS) is 13.9. The van der Waals surface area contributed by atoms with Crippen LogP contribution in [0, 0.1) is 0 Å². The zero-order chi connectivity index (χ0) is 54.9. The Labute approximate surface area is 462 Å². The van der Waals surface area contributed by atoms with Crippen molar-refractivity contribution in [2.45, 2.75) is 258 Å². The Balaban J connectivity index is 4.06. The molecule has 0 saturated heterocycles. The molecule has 0 fully saturated rings. The number of rotatable bonds is 55. The van der Waals surface area contributed by atoms with Gasteiger partial charge in [-0.05, 0) is 96.3 Å². The van der Waals surface area contributed by atoms with Gasteiger partial charge in [-0.25, -0.2) is 4.57 Å². The third-order valence-corrected chi connectivity index (χ3v) is 13.8. The Morgan fingerprint density at radius 2 is 0.760 bits per heavy atom. The second-order valence-electron chi connectivity index (χ2n) is 21.4. The number of esters is 2. The van der Waals surface area contributed by atoms with Crippen molar-refractivity contribution in [2.75, 3.05) is 47.5 Å². The fraction of sp³-hybridized carbons (Fsp3) is 0.723. The Morgan fingerprint density at radius 3 is 1.13 bits per heavy atom. The quantitative estimate of drug-likeness (QED) is 0.0211. The van der Waals surface area contributed by atoms with Gasteiger partial charge >= 0.3 is 19.8 Å². The summed E-state index contributed by atoms with van der Waals surface area (Å²) in [5.41, 5.74) is 0. The van der Waals surface area contributed by atoms with Crippen molar-refractivity contribution in [3.63, 3.8) is 0 Å². The molecule has 2 atom stereocenters. The van der Waals surface area contributed by atoms with Gasteiger partial charge in [0.1, 0.15) is 19.8 Å². The number of carbonyl (C=O) groups is 2. The molecule has 0 bridgehead atoms. The molecular weight excluding hydrogens is 954 g/mol. The van der Waals surface area contributed by atoms with Gasteiger partial charge in [-0.3, -0.25) is 18.6 Å². The molecule has 10 heteroatoms. The summed E-state index contributed by atoms with van der Waals surface area (Å²) in [4.78, 5) is 35.7. The second kappa shape index (κ2) is 55.7. The van der Waals surface area contributed by atoms with Gasteiger partial charge in [-0.1, -0.05) is 239 Å². The number of phosphoric ester groups is 1. The summed E-state index contributed by atoms with van der Waals surface area (Å²) in [5, 5.41) is 0. The van der Waals surface area contributed by atoms with Gasteiger partial charge in [0, 0.05) is 12.8 Å². The molecule has 0 aliphatic carbocycles. The summed E-state index contributed by atoms with van der Waals surface area (Å²) in [6, 6.07) is 0. The van der Waals surface area contributed by atoms with E-state index in [1.54, 1.807) is 0 Å². The van der Waals surface area contributed by atoms with Crippen LogP contribution in [0.1, 0.15) is 251 Å². The number of nitrogens with zero attached hydrogens (tertiary/aromatic N) is 1. The molecule has 0 aliphatic heterocycles. The van der Waals surface area contributed by atoms with Gasteiger partial charge in [0.15, 0.2) is 6.10 Å². The van der Waals surface area contributed by atoms with Crippen LogP contribution in [0.5, 0.6) is 0 Å². The molecule has 9 nitrogen and oxygen atoms in total. The standard InChI is InChI=1S/C65H114NO8P/c1-6-8-10-12-14-16-18-20-22-24-25-26-27-28-29-30-31-32-33-34-35-36-37-38-39-40-41-42-44-46-48-50-52-54-56-58-65(68)74-63(62-73-75(69,70)72-60-59-66(3,4)5)61-71-64(67)57-55-53-51-49-47-45-43-23-21-19-17-15-13-11-9-7-2/h8,10,14,16-17,19-20,22-23,25-26,28-29,31-32,43,63H,6-7,9,11-13,15,18,21,24,27,30,33-42,44-62H2,1-5H3/p+1/b10-8-,16-14-,19-17-,22-20-,26-25-,29-28-,32-31-,43-23-. The minimum absolute atomic E-state index is 0.0266. The van der Waals surface area contributed by atoms with E-state index in [2.05, 4.69) is 111 Å². The van der Waals surface area contributed by atoms with Gasteiger partial charge in [0.05, 0.1) is 27.7 Å². The van der Waals surface area contributed by atoms with Crippen molar-refractivity contribution >= 4 is 19.8 Å². The lowest BCUT2D eigenvalue weighted by Crippen LogP contribution is -2.37. The monoisotopic (exact) mass is 1070 g/mol. The topological polar surface area (TPSA) is 108 Å². The Hall–Kier alpha value is -3.07. The van der Waals surface area contributed by atoms with E-state index in [9.17, 15) is 19.0 Å². The highest BCUT2D eigenvalue weighted by Crippen LogP contribution is 2.43. The number of carbonyl (C=O) groups excluding carboxylic acids is 2. The number of hydrogen-bond acceptors (Lipinski definition) is 7. The predicted octanol–water partition coefficient (Wildman–Crippen LogP) is 19.2. The molecule has 0 aromatic carbocycles. The molecule has 0 saturated carbocycles. The number of allylic oxidation sites excluding steroid dienone is 16. The lowest BCUT2D eigenvalue weighted by Gasteiger charge is -2.24. The highest BCUT2D eigenvalue weighted by atomic mass is 31.2. The average molecular weight is 1070 g/mol. The molecule has 0 aromatic heterocycles. The van der Waals surface area contributed by atoms with Gasteiger partial charge in [0.25, 0.3) is 0 Å². The highest BCUT2D eigenvalue weighted by Gasteiger charge is 2.27. The zero-order valence-corrected chi connectivity index (χ0v) is 49.9. The van der Waals surface area contributed by atoms with E-state index in [-0.39, 0.29) is 32.0 Å². The largest absolute Gasteiger partial charge is 0.472 e. The van der Waals surface area contributed by atoms with Crippen LogP contribution in [-0.2, 0) is 32.7 Å². The fourth-order valence-electron chi connectivity index (χ4n) is 8.17. The first-order chi connectivity index (χ1) is 36.5. The number of ether oxygens (including phenoxy) is 2. The first-order valence-corrected chi connectivity index (χ1v) is 32.0. The summed E-state index contributed by atoms with van der Waals surface area (Å²) in [6.45, 7) is 4.29. The zero-order valence-electron chi connectivity index (χ0n) is 49.0. The molecule has 0 amide bonds. The highest BCUT2D eigenvalue weighted by molar-refractivity contribution is 7.47. The first kappa shape index (κ1) is 71.9. The van der Waals surface area contributed by atoms with Crippen molar-refractivity contribution in [1.29, 1.82) is 0 Å². The Morgan fingerprint density at radius 1 is 0.427 bits per heavy atom. The molecule has 432 valence electrons. The summed E-state index contributed by atoms with van der Waals surface area (Å²) < 4.78 is 34.6. The number of hydrogen-bond donors (Lipinski definition) is 1. The van der Waals surface area contributed by atoms with Crippen LogP contribution in [0.3, 0.4) is 0 Å². The summed E-state index contributed by atoms with van der Waals surface area (Å²) in [6.07, 6.45) is 76.3. The number of likely N-dealkylation sites (N-methyl/N-ethyl adjacent to an activating group) is 1. The maximum absolute atomic E-state index is 12.8. The predicted molar refractivity (Wildman–Crippen MR) is 321 cm³/mol. The maximum atomic E-state index is 12.8. The minimum atomic E-state index is -4.39.